The number of unbranched alkanes of at least 4 members (excludes halogenated alkanes) is 1. The number of hydrogen-bond acceptors (Lipinski definition) is 7. The molecule has 10 heteroatoms. The fourth-order valence-electron chi connectivity index (χ4n) is 4.19. The second kappa shape index (κ2) is 14.0. The molecule has 1 amide bonds. The van der Waals surface area contributed by atoms with E-state index in [4.69, 9.17) is 9.72 Å². The van der Waals surface area contributed by atoms with E-state index in [1.54, 1.807) is 17.0 Å². The number of carbonyl (C=O) groups excluding carboxylic acids is 1. The number of nitrogens with zero attached hydrogens (tertiary/aromatic N) is 4. The fraction of sp³-hybridized carbons (Fsp3) is 0.500. The Morgan fingerprint density at radius 1 is 0.921 bits per heavy atom. The van der Waals surface area contributed by atoms with Gasteiger partial charge < -0.3 is 9.64 Å². The number of amides is 1. The molecule has 0 bridgehead atoms. The molecular weight excluding hydrogens is 520 g/mol. The van der Waals surface area contributed by atoms with Crippen molar-refractivity contribution in [3.8, 4) is 5.75 Å². The molecule has 0 aliphatic carbocycles. The molecule has 208 valence electrons. The highest BCUT2D eigenvalue weighted by molar-refractivity contribution is 7.89. The van der Waals surface area contributed by atoms with Gasteiger partial charge in [-0.2, -0.15) is 4.31 Å². The van der Waals surface area contributed by atoms with Gasteiger partial charge in [-0.1, -0.05) is 45.5 Å². The molecule has 1 aromatic heterocycles. The summed E-state index contributed by atoms with van der Waals surface area (Å²) >= 11 is 1.45. The minimum Gasteiger partial charge on any atom is -0.494 e. The standard InChI is InChI=1S/C28H40N4O4S2/c1-6-11-18-31(9-4)38(34,35)24-15-12-22(13-16-24)27(33)32(20-19-30(7-2)8-3)28-29-25-17-14-23(36-10-5)21-26(25)37-28/h12-17,21H,6-11,18-20H2,1-5H3. The van der Waals surface area contributed by atoms with E-state index in [2.05, 4.69) is 18.7 Å². The predicted octanol–water partition coefficient (Wildman–Crippen LogP) is 5.49. The average Bonchev–Trinajstić information content (AvgIpc) is 3.34. The van der Waals surface area contributed by atoms with Crippen LogP contribution >= 0.6 is 11.3 Å². The predicted molar refractivity (Wildman–Crippen MR) is 156 cm³/mol. The molecule has 0 N–H and O–H groups in total. The number of likely N-dealkylation sites (N-methyl/N-ethyl adjacent to an activating group) is 1. The lowest BCUT2D eigenvalue weighted by Gasteiger charge is -2.25. The lowest BCUT2D eigenvalue weighted by Crippen LogP contribution is -2.39. The normalized spacial score (nSPS) is 12.0. The molecule has 3 rings (SSSR count). The van der Waals surface area contributed by atoms with Gasteiger partial charge >= 0.3 is 0 Å². The van der Waals surface area contributed by atoms with E-state index in [0.29, 0.717) is 43.5 Å². The van der Waals surface area contributed by atoms with Crippen molar-refractivity contribution >= 4 is 42.6 Å². The Morgan fingerprint density at radius 3 is 2.24 bits per heavy atom. The zero-order chi connectivity index (χ0) is 27.7. The van der Waals surface area contributed by atoms with Crippen LogP contribution in [0.15, 0.2) is 47.4 Å². The van der Waals surface area contributed by atoms with Crippen molar-refractivity contribution in [1.29, 1.82) is 0 Å². The summed E-state index contributed by atoms with van der Waals surface area (Å²) in [6.45, 7) is 14.4. The van der Waals surface area contributed by atoms with Crippen molar-refractivity contribution < 1.29 is 17.9 Å². The molecule has 1 heterocycles. The number of benzene rings is 2. The van der Waals surface area contributed by atoms with Crippen molar-refractivity contribution in [1.82, 2.24) is 14.2 Å². The van der Waals surface area contributed by atoms with Crippen molar-refractivity contribution in [3.63, 3.8) is 0 Å². The molecule has 38 heavy (non-hydrogen) atoms. The Kier molecular flexibility index (Phi) is 11.1. The minimum atomic E-state index is -3.61. The van der Waals surface area contributed by atoms with Crippen molar-refractivity contribution in [2.45, 2.75) is 52.4 Å². The van der Waals surface area contributed by atoms with Gasteiger partial charge in [-0.25, -0.2) is 13.4 Å². The number of aromatic nitrogens is 1. The molecule has 0 aliphatic rings. The molecule has 0 saturated heterocycles. The number of thiazole rings is 1. The first-order valence-electron chi connectivity index (χ1n) is 13.5. The molecule has 2 aromatic carbocycles. The van der Waals surface area contributed by atoms with Crippen LogP contribution in [0.5, 0.6) is 5.75 Å². The molecule has 0 unspecified atom stereocenters. The van der Waals surface area contributed by atoms with E-state index >= 15 is 0 Å². The van der Waals surface area contributed by atoms with Gasteiger partial charge in [-0.3, -0.25) is 9.69 Å². The lowest BCUT2D eigenvalue weighted by atomic mass is 10.2. The van der Waals surface area contributed by atoms with E-state index in [1.165, 1.54) is 27.8 Å². The molecule has 0 radical (unpaired) electrons. The minimum absolute atomic E-state index is 0.199. The SMILES string of the molecule is CCCCN(CC)S(=O)(=O)c1ccc(C(=O)N(CCN(CC)CC)c2nc3ccc(OCC)cc3s2)cc1. The highest BCUT2D eigenvalue weighted by Gasteiger charge is 2.25. The summed E-state index contributed by atoms with van der Waals surface area (Å²) in [6.07, 6.45) is 1.72. The Bertz CT molecular complexity index is 1290. The van der Waals surface area contributed by atoms with Crippen LogP contribution < -0.4 is 9.64 Å². The first kappa shape index (κ1) is 30.0. The second-order valence-corrected chi connectivity index (χ2v) is 11.9. The molecule has 0 atom stereocenters. The highest BCUT2D eigenvalue weighted by atomic mass is 32.2. The third-order valence-electron chi connectivity index (χ3n) is 6.52. The molecule has 0 aliphatic heterocycles. The van der Waals surface area contributed by atoms with Gasteiger partial charge in [-0.05, 0) is 68.9 Å². The summed E-state index contributed by atoms with van der Waals surface area (Å²) < 4.78 is 34.3. The zero-order valence-electron chi connectivity index (χ0n) is 23.1. The van der Waals surface area contributed by atoms with E-state index in [0.717, 1.165) is 41.9 Å². The Hall–Kier alpha value is -2.53. The van der Waals surface area contributed by atoms with Crippen molar-refractivity contribution in [3.05, 3.63) is 48.0 Å². The number of hydrogen-bond donors (Lipinski definition) is 0. The lowest BCUT2D eigenvalue weighted by molar-refractivity contribution is 0.0983. The van der Waals surface area contributed by atoms with Gasteiger partial charge in [0.05, 0.1) is 21.7 Å². The maximum absolute atomic E-state index is 13.8. The van der Waals surface area contributed by atoms with E-state index in [9.17, 15) is 13.2 Å². The molecule has 3 aromatic rings. The summed E-state index contributed by atoms with van der Waals surface area (Å²) in [7, 11) is -3.61. The van der Waals surface area contributed by atoms with Crippen LogP contribution in [0.4, 0.5) is 5.13 Å². The van der Waals surface area contributed by atoms with Crippen LogP contribution in [0.1, 0.15) is 57.8 Å². The van der Waals surface area contributed by atoms with Gasteiger partial charge in [-0.15, -0.1) is 0 Å². The summed E-state index contributed by atoms with van der Waals surface area (Å²) in [6, 6.07) is 12.0. The van der Waals surface area contributed by atoms with Crippen molar-refractivity contribution in [2.24, 2.45) is 0 Å². The topological polar surface area (TPSA) is 83.1 Å². The number of sulfonamides is 1. The van der Waals surface area contributed by atoms with Crippen LogP contribution in [-0.4, -0.2) is 74.4 Å². The summed E-state index contributed by atoms with van der Waals surface area (Å²) in [4.78, 5) is 22.7. The Labute approximate surface area is 231 Å². The first-order chi connectivity index (χ1) is 18.3. The molecule has 0 saturated carbocycles. The van der Waals surface area contributed by atoms with E-state index in [-0.39, 0.29) is 10.8 Å². The van der Waals surface area contributed by atoms with Crippen LogP contribution in [0.3, 0.4) is 0 Å². The summed E-state index contributed by atoms with van der Waals surface area (Å²) in [5, 5.41) is 0.610. The van der Waals surface area contributed by atoms with Gasteiger partial charge in [0.25, 0.3) is 5.91 Å². The zero-order valence-corrected chi connectivity index (χ0v) is 24.8. The monoisotopic (exact) mass is 560 g/mol. The van der Waals surface area contributed by atoms with Crippen molar-refractivity contribution in [2.75, 3.05) is 50.8 Å². The number of fused-ring (bicyclic) bond motifs is 1. The molecule has 0 spiro atoms. The van der Waals surface area contributed by atoms with Crippen LogP contribution in [-0.2, 0) is 10.0 Å². The van der Waals surface area contributed by atoms with Crippen LogP contribution in [0, 0.1) is 0 Å². The van der Waals surface area contributed by atoms with E-state index < -0.39 is 10.0 Å². The molecule has 0 fully saturated rings. The Morgan fingerprint density at radius 2 is 1.63 bits per heavy atom. The maximum Gasteiger partial charge on any atom is 0.260 e. The van der Waals surface area contributed by atoms with Crippen LogP contribution in [0.2, 0.25) is 0 Å². The van der Waals surface area contributed by atoms with Crippen LogP contribution in [0.25, 0.3) is 10.2 Å². The molecular formula is C28H40N4O4S2. The Balaban J connectivity index is 1.92. The quantitative estimate of drug-likeness (QED) is 0.244. The van der Waals surface area contributed by atoms with Gasteiger partial charge in [0, 0.05) is 31.7 Å². The third kappa shape index (κ3) is 7.11. The fourth-order valence-corrected chi connectivity index (χ4v) is 6.69. The smallest absolute Gasteiger partial charge is 0.260 e. The number of carbonyl (C=O) groups is 1. The summed E-state index contributed by atoms with van der Waals surface area (Å²) in [5.41, 5.74) is 1.23. The largest absolute Gasteiger partial charge is 0.494 e. The number of ether oxygens (including phenoxy) is 1. The average molecular weight is 561 g/mol. The van der Waals surface area contributed by atoms with E-state index in [1.807, 2.05) is 39.0 Å². The first-order valence-corrected chi connectivity index (χ1v) is 15.7. The van der Waals surface area contributed by atoms with Gasteiger partial charge in [0.2, 0.25) is 10.0 Å². The number of rotatable bonds is 15. The maximum atomic E-state index is 13.8. The van der Waals surface area contributed by atoms with Gasteiger partial charge in [0.1, 0.15) is 5.75 Å². The number of anilines is 1. The molecule has 8 nitrogen and oxygen atoms in total. The summed E-state index contributed by atoms with van der Waals surface area (Å²) in [5.74, 6) is 0.566. The highest BCUT2D eigenvalue weighted by Crippen LogP contribution is 2.32. The second-order valence-electron chi connectivity index (χ2n) is 8.92. The third-order valence-corrected chi connectivity index (χ3v) is 9.55. The van der Waals surface area contributed by atoms with Gasteiger partial charge in [0.15, 0.2) is 5.13 Å².